The van der Waals surface area contributed by atoms with Gasteiger partial charge in [0, 0.05) is 32.2 Å². The number of hydrogen-bond donors (Lipinski definition) is 0. The molecule has 2 aromatic carbocycles. The molecular weight excluding hydrogens is 413 g/mol. The molecule has 2 aliphatic heterocycles. The smallest absolute Gasteiger partial charge is 0.311 e. The first-order chi connectivity index (χ1) is 14.6. The highest BCUT2D eigenvalue weighted by Crippen LogP contribution is 2.62. The van der Waals surface area contributed by atoms with E-state index in [9.17, 15) is 10.1 Å². The Morgan fingerprint density at radius 3 is 2.13 bits per heavy atom. The molecule has 7 nitrogen and oxygen atoms in total. The molecule has 2 heterocycles. The average molecular weight is 443 g/mol. The Bertz CT molecular complexity index is 1010. The molecule has 0 spiro atoms. The lowest BCUT2D eigenvalue weighted by Gasteiger charge is -2.30. The van der Waals surface area contributed by atoms with E-state index in [4.69, 9.17) is 9.26 Å². The van der Waals surface area contributed by atoms with E-state index < -0.39 is 12.3 Å². The van der Waals surface area contributed by atoms with Gasteiger partial charge >= 0.3 is 5.69 Å². The van der Waals surface area contributed by atoms with Gasteiger partial charge in [-0.2, -0.15) is 0 Å². The fourth-order valence-electron chi connectivity index (χ4n) is 3.51. The lowest BCUT2D eigenvalue weighted by atomic mass is 9.87. The Morgan fingerprint density at radius 2 is 1.65 bits per heavy atom. The van der Waals surface area contributed by atoms with Gasteiger partial charge in [0.1, 0.15) is 13.2 Å². The zero-order valence-electron chi connectivity index (χ0n) is 18.6. The number of nitro groups is 1. The molecule has 2 saturated heterocycles. The van der Waals surface area contributed by atoms with Crippen LogP contribution in [0.4, 0.5) is 5.69 Å². The summed E-state index contributed by atoms with van der Waals surface area (Å²) >= 11 is 0. The predicted molar refractivity (Wildman–Crippen MR) is 125 cm³/mol. The van der Waals surface area contributed by atoms with E-state index in [0.717, 1.165) is 31.7 Å². The molecule has 4 rings (SSSR count). The van der Waals surface area contributed by atoms with Crippen LogP contribution >= 0.6 is 7.41 Å². The minimum atomic E-state index is -2.00. The van der Waals surface area contributed by atoms with Crippen molar-refractivity contribution in [3.63, 3.8) is 0 Å². The third-order valence-corrected chi connectivity index (χ3v) is 8.88. The summed E-state index contributed by atoms with van der Waals surface area (Å²) in [6, 6.07) is 12.6. The van der Waals surface area contributed by atoms with Gasteiger partial charge in [0.15, 0.2) is 0 Å². The van der Waals surface area contributed by atoms with Crippen molar-refractivity contribution in [2.24, 2.45) is 0 Å². The molecule has 2 aliphatic rings. The van der Waals surface area contributed by atoms with Gasteiger partial charge in [-0.3, -0.25) is 10.1 Å². The number of nitro benzene ring substituents is 1. The van der Waals surface area contributed by atoms with Gasteiger partial charge in [-0.05, 0) is 54.0 Å². The highest BCUT2D eigenvalue weighted by atomic mass is 31.2. The van der Waals surface area contributed by atoms with Crippen LogP contribution in [0.1, 0.15) is 44.9 Å². The second-order valence-corrected chi connectivity index (χ2v) is 11.9. The van der Waals surface area contributed by atoms with E-state index in [1.54, 1.807) is 12.1 Å². The Balaban J connectivity index is 1.57. The average Bonchev–Trinajstić information content (AvgIpc) is 3.59. The lowest BCUT2D eigenvalue weighted by Crippen LogP contribution is -2.11. The molecular formula is C23H30N3O4P. The van der Waals surface area contributed by atoms with Gasteiger partial charge in [-0.1, -0.05) is 32.9 Å². The number of ether oxygens (including phenoxy) is 1. The van der Waals surface area contributed by atoms with Gasteiger partial charge in [0.25, 0.3) is 0 Å². The van der Waals surface area contributed by atoms with Crippen molar-refractivity contribution in [1.29, 1.82) is 0 Å². The highest BCUT2D eigenvalue weighted by Gasteiger charge is 2.43. The molecule has 2 fully saturated rings. The molecule has 0 radical (unpaired) electrons. The van der Waals surface area contributed by atoms with Crippen molar-refractivity contribution in [2.45, 2.75) is 39.2 Å². The van der Waals surface area contributed by atoms with Crippen molar-refractivity contribution in [1.82, 2.24) is 9.34 Å². The van der Waals surface area contributed by atoms with Crippen molar-refractivity contribution in [3.05, 3.63) is 63.7 Å². The monoisotopic (exact) mass is 443 g/mol. The summed E-state index contributed by atoms with van der Waals surface area (Å²) in [5, 5.41) is 11.6. The number of nitrogens with zero attached hydrogens (tertiary/aromatic N) is 3. The summed E-state index contributed by atoms with van der Waals surface area (Å²) in [7, 11) is -2.00. The lowest BCUT2D eigenvalue weighted by molar-refractivity contribution is -0.385. The Labute approximate surface area is 183 Å². The van der Waals surface area contributed by atoms with Crippen molar-refractivity contribution >= 4 is 19.4 Å². The Hall–Kier alpha value is -2.18. The van der Waals surface area contributed by atoms with Crippen LogP contribution in [-0.2, 0) is 9.94 Å². The molecule has 0 bridgehead atoms. The summed E-state index contributed by atoms with van der Waals surface area (Å²) in [4.78, 5) is 11.2. The molecule has 0 amide bonds. The van der Waals surface area contributed by atoms with Gasteiger partial charge in [0.05, 0.1) is 11.0 Å². The Kier molecular flexibility index (Phi) is 5.73. The Morgan fingerprint density at radius 1 is 1.06 bits per heavy atom. The standard InChI is InChI=1S/C23H30N3O4P/c1-17(30-31(5,24-12-13-24)25-14-15-25)18-6-11-21(26(27)28)22(16-18)29-20-9-7-19(8-10-20)23(2,3)4/h6-11,16-17H,5,12-15H2,1-4H3. The van der Waals surface area contributed by atoms with Crippen LogP contribution in [0.5, 0.6) is 11.5 Å². The molecule has 1 atom stereocenters. The number of benzene rings is 2. The van der Waals surface area contributed by atoms with Crippen LogP contribution in [0, 0.1) is 10.1 Å². The van der Waals surface area contributed by atoms with Crippen LogP contribution in [0.15, 0.2) is 42.5 Å². The van der Waals surface area contributed by atoms with Crippen molar-refractivity contribution < 1.29 is 14.2 Å². The second kappa shape index (κ2) is 8.06. The maximum atomic E-state index is 11.6. The van der Waals surface area contributed by atoms with Crippen LogP contribution in [-0.4, -0.2) is 46.7 Å². The van der Waals surface area contributed by atoms with Gasteiger partial charge in [-0.15, -0.1) is 0 Å². The fourth-order valence-corrected chi connectivity index (χ4v) is 6.19. The van der Waals surface area contributed by atoms with E-state index in [2.05, 4.69) is 36.4 Å². The molecule has 0 saturated carbocycles. The topological polar surface area (TPSA) is 67.6 Å². The van der Waals surface area contributed by atoms with Gasteiger partial charge in [-0.25, -0.2) is 9.34 Å². The first kappa shape index (κ1) is 22.0. The van der Waals surface area contributed by atoms with Gasteiger partial charge < -0.3 is 9.26 Å². The van der Waals surface area contributed by atoms with E-state index >= 15 is 0 Å². The first-order valence-corrected chi connectivity index (χ1v) is 12.4. The summed E-state index contributed by atoms with van der Waals surface area (Å²) in [6.07, 6.45) is 4.17. The summed E-state index contributed by atoms with van der Waals surface area (Å²) in [5.74, 6) is 0.780. The summed E-state index contributed by atoms with van der Waals surface area (Å²) in [6.45, 7) is 12.4. The number of hydrogen-bond acceptors (Lipinski definition) is 6. The maximum absolute atomic E-state index is 11.6. The zero-order valence-corrected chi connectivity index (χ0v) is 19.5. The number of rotatable bonds is 8. The highest BCUT2D eigenvalue weighted by molar-refractivity contribution is 7.65. The minimum Gasteiger partial charge on any atom is -0.450 e. The molecule has 0 N–H and O–H groups in total. The van der Waals surface area contributed by atoms with E-state index in [0.29, 0.717) is 5.75 Å². The first-order valence-electron chi connectivity index (χ1n) is 10.6. The largest absolute Gasteiger partial charge is 0.450 e. The third kappa shape index (κ3) is 4.85. The summed E-state index contributed by atoms with van der Waals surface area (Å²) < 4.78 is 17.0. The van der Waals surface area contributed by atoms with Crippen LogP contribution in [0.3, 0.4) is 0 Å². The normalized spacial score (nSPS) is 17.9. The maximum Gasteiger partial charge on any atom is 0.311 e. The zero-order chi connectivity index (χ0) is 22.4. The molecule has 1 unspecified atom stereocenters. The predicted octanol–water partition coefficient (Wildman–Crippen LogP) is 5.59. The molecule has 0 aliphatic carbocycles. The molecule has 166 valence electrons. The third-order valence-electron chi connectivity index (χ3n) is 5.66. The molecule has 31 heavy (non-hydrogen) atoms. The van der Waals surface area contributed by atoms with E-state index in [-0.39, 0.29) is 23.0 Å². The van der Waals surface area contributed by atoms with E-state index in [1.165, 1.54) is 11.6 Å². The van der Waals surface area contributed by atoms with Gasteiger partial charge in [0.2, 0.25) is 5.75 Å². The molecule has 2 aromatic rings. The second-order valence-electron chi connectivity index (χ2n) is 9.18. The van der Waals surface area contributed by atoms with Crippen LogP contribution in [0.2, 0.25) is 0 Å². The fraction of sp³-hybridized carbons (Fsp3) is 0.435. The SMILES string of the molecule is C=P(OC(C)c1ccc([N+](=O)[O-])c(Oc2ccc(C(C)(C)C)cc2)c1)(N1CC1)N1CC1. The van der Waals surface area contributed by atoms with Crippen LogP contribution < -0.4 is 4.74 Å². The van der Waals surface area contributed by atoms with Crippen molar-refractivity contribution in [2.75, 3.05) is 26.2 Å². The molecule has 8 heteroatoms. The quantitative estimate of drug-likeness (QED) is 0.229. The molecule has 0 aromatic heterocycles. The van der Waals surface area contributed by atoms with E-state index in [1.807, 2.05) is 31.2 Å². The summed E-state index contributed by atoms with van der Waals surface area (Å²) in [5.41, 5.74) is 1.97. The van der Waals surface area contributed by atoms with Crippen molar-refractivity contribution in [3.8, 4) is 11.5 Å². The minimum absolute atomic E-state index is 0.0240. The van der Waals surface area contributed by atoms with Crippen LogP contribution in [0.25, 0.3) is 0 Å².